The van der Waals surface area contributed by atoms with Crippen molar-refractivity contribution in [1.29, 1.82) is 0 Å². The first kappa shape index (κ1) is 16.6. The quantitative estimate of drug-likeness (QED) is 0.735. The number of hydrogen-bond acceptors (Lipinski definition) is 5. The molecule has 4 rings (SSSR count). The molecule has 0 atom stereocenters. The van der Waals surface area contributed by atoms with E-state index in [-0.39, 0.29) is 5.56 Å². The Morgan fingerprint density at radius 3 is 2.69 bits per heavy atom. The van der Waals surface area contributed by atoms with Crippen LogP contribution in [0.4, 0.5) is 0 Å². The van der Waals surface area contributed by atoms with Gasteiger partial charge in [-0.3, -0.25) is 9.89 Å². The van der Waals surface area contributed by atoms with Gasteiger partial charge in [0.1, 0.15) is 22.8 Å². The van der Waals surface area contributed by atoms with E-state index in [4.69, 9.17) is 14.5 Å². The zero-order chi connectivity index (χ0) is 18.1. The molecule has 3 aromatic rings. The van der Waals surface area contributed by atoms with E-state index in [9.17, 15) is 4.79 Å². The van der Waals surface area contributed by atoms with Crippen molar-refractivity contribution in [3.05, 3.63) is 45.6 Å². The van der Waals surface area contributed by atoms with Gasteiger partial charge in [-0.15, -0.1) is 0 Å². The number of aromatic nitrogens is 4. The fraction of sp³-hybridized carbons (Fsp3) is 0.421. The molecule has 1 saturated carbocycles. The van der Waals surface area contributed by atoms with Gasteiger partial charge in [0.25, 0.3) is 5.56 Å². The van der Waals surface area contributed by atoms with Crippen LogP contribution in [0.3, 0.4) is 0 Å². The maximum atomic E-state index is 12.5. The first-order valence-corrected chi connectivity index (χ1v) is 8.87. The van der Waals surface area contributed by atoms with E-state index in [0.29, 0.717) is 29.2 Å². The summed E-state index contributed by atoms with van der Waals surface area (Å²) < 4.78 is 10.7. The summed E-state index contributed by atoms with van der Waals surface area (Å²) in [5.41, 5.74) is 2.75. The van der Waals surface area contributed by atoms with E-state index in [1.54, 1.807) is 14.2 Å². The molecule has 7 heteroatoms. The standard InChI is InChI=1S/C19H22N4O3/c1-25-13-7-8-14(26-2)12(9-13)10-15-20-17-16(11-5-3-4-6-11)22-23-18(17)19(24)21-15/h7-9,11H,3-6,10H2,1-2H3,(H,22,23)(H,20,21,24). The van der Waals surface area contributed by atoms with Gasteiger partial charge in [0.2, 0.25) is 0 Å². The molecule has 26 heavy (non-hydrogen) atoms. The highest BCUT2D eigenvalue weighted by molar-refractivity contribution is 5.76. The molecule has 1 aliphatic rings. The highest BCUT2D eigenvalue weighted by atomic mass is 16.5. The number of nitrogens with one attached hydrogen (secondary N) is 2. The molecule has 2 aromatic heterocycles. The van der Waals surface area contributed by atoms with Crippen LogP contribution in [-0.4, -0.2) is 34.4 Å². The van der Waals surface area contributed by atoms with E-state index in [2.05, 4.69) is 15.2 Å². The van der Waals surface area contributed by atoms with Crippen molar-refractivity contribution in [3.63, 3.8) is 0 Å². The summed E-state index contributed by atoms with van der Waals surface area (Å²) in [4.78, 5) is 20.0. The van der Waals surface area contributed by atoms with Gasteiger partial charge in [-0.05, 0) is 31.0 Å². The Hall–Kier alpha value is -2.83. The van der Waals surface area contributed by atoms with E-state index in [0.717, 1.165) is 35.6 Å². The van der Waals surface area contributed by atoms with Gasteiger partial charge in [0.15, 0.2) is 5.52 Å². The SMILES string of the molecule is COc1ccc(OC)c(Cc2nc3c(C4CCCC4)[nH]nc3c(=O)[nH]2)c1. The summed E-state index contributed by atoms with van der Waals surface area (Å²) in [6.07, 6.45) is 5.10. The minimum atomic E-state index is -0.215. The molecule has 1 fully saturated rings. The van der Waals surface area contributed by atoms with Gasteiger partial charge in [-0.25, -0.2) is 4.98 Å². The maximum Gasteiger partial charge on any atom is 0.279 e. The topological polar surface area (TPSA) is 92.9 Å². The molecule has 1 aliphatic carbocycles. The molecule has 0 aliphatic heterocycles. The molecular weight excluding hydrogens is 332 g/mol. The fourth-order valence-electron chi connectivity index (χ4n) is 3.76. The van der Waals surface area contributed by atoms with E-state index >= 15 is 0 Å². The minimum Gasteiger partial charge on any atom is -0.497 e. The largest absolute Gasteiger partial charge is 0.497 e. The number of rotatable bonds is 5. The van der Waals surface area contributed by atoms with Crippen molar-refractivity contribution in [3.8, 4) is 11.5 Å². The third-order valence-electron chi connectivity index (χ3n) is 5.10. The van der Waals surface area contributed by atoms with Crippen LogP contribution < -0.4 is 15.0 Å². The summed E-state index contributed by atoms with van der Waals surface area (Å²) in [5, 5.41) is 7.25. The van der Waals surface area contributed by atoms with Crippen molar-refractivity contribution in [2.75, 3.05) is 14.2 Å². The number of fused-ring (bicyclic) bond motifs is 1. The van der Waals surface area contributed by atoms with Crippen LogP contribution in [0.25, 0.3) is 11.0 Å². The first-order chi connectivity index (χ1) is 12.7. The molecule has 7 nitrogen and oxygen atoms in total. The van der Waals surface area contributed by atoms with Crippen LogP contribution in [0.1, 0.15) is 48.7 Å². The average Bonchev–Trinajstić information content (AvgIpc) is 3.31. The van der Waals surface area contributed by atoms with Crippen LogP contribution in [0, 0.1) is 0 Å². The summed E-state index contributed by atoms with van der Waals surface area (Å²) in [6, 6.07) is 5.60. The van der Waals surface area contributed by atoms with Crippen LogP contribution >= 0.6 is 0 Å². The second kappa shape index (κ2) is 6.82. The number of benzene rings is 1. The zero-order valence-corrected chi connectivity index (χ0v) is 15.0. The third-order valence-corrected chi connectivity index (χ3v) is 5.10. The van der Waals surface area contributed by atoms with Crippen molar-refractivity contribution in [1.82, 2.24) is 20.2 Å². The van der Waals surface area contributed by atoms with Crippen molar-refractivity contribution in [2.24, 2.45) is 0 Å². The van der Waals surface area contributed by atoms with Gasteiger partial charge < -0.3 is 14.5 Å². The molecular formula is C19H22N4O3. The Labute approximate surface area is 150 Å². The summed E-state index contributed by atoms with van der Waals surface area (Å²) in [6.45, 7) is 0. The van der Waals surface area contributed by atoms with Crippen LogP contribution in [0.5, 0.6) is 11.5 Å². The van der Waals surface area contributed by atoms with Gasteiger partial charge in [-0.1, -0.05) is 12.8 Å². The molecule has 0 unspecified atom stereocenters. The van der Waals surface area contributed by atoms with Crippen molar-refractivity contribution < 1.29 is 9.47 Å². The van der Waals surface area contributed by atoms with Gasteiger partial charge in [0.05, 0.1) is 19.9 Å². The number of hydrogen-bond donors (Lipinski definition) is 2. The summed E-state index contributed by atoms with van der Waals surface area (Å²) in [7, 11) is 3.25. The van der Waals surface area contributed by atoms with E-state index in [1.807, 2.05) is 18.2 Å². The highest BCUT2D eigenvalue weighted by Crippen LogP contribution is 2.35. The van der Waals surface area contributed by atoms with Crippen LogP contribution in [0.15, 0.2) is 23.0 Å². The molecule has 0 saturated heterocycles. The second-order valence-corrected chi connectivity index (χ2v) is 6.68. The zero-order valence-electron chi connectivity index (χ0n) is 15.0. The molecule has 2 heterocycles. The average molecular weight is 354 g/mol. The fourth-order valence-corrected chi connectivity index (χ4v) is 3.76. The Bertz CT molecular complexity index is 986. The van der Waals surface area contributed by atoms with E-state index in [1.165, 1.54) is 12.8 Å². The number of ether oxygens (including phenoxy) is 2. The van der Waals surface area contributed by atoms with E-state index < -0.39 is 0 Å². The second-order valence-electron chi connectivity index (χ2n) is 6.68. The molecule has 0 bridgehead atoms. The smallest absolute Gasteiger partial charge is 0.279 e. The maximum absolute atomic E-state index is 12.5. The van der Waals surface area contributed by atoms with Gasteiger partial charge >= 0.3 is 0 Å². The Morgan fingerprint density at radius 1 is 1.15 bits per heavy atom. The third kappa shape index (κ3) is 2.94. The van der Waals surface area contributed by atoms with Crippen molar-refractivity contribution in [2.45, 2.75) is 38.0 Å². The molecule has 0 radical (unpaired) electrons. The lowest BCUT2D eigenvalue weighted by Gasteiger charge is -2.10. The first-order valence-electron chi connectivity index (χ1n) is 8.87. The molecule has 0 amide bonds. The number of nitrogens with zero attached hydrogens (tertiary/aromatic N) is 2. The lowest BCUT2D eigenvalue weighted by Crippen LogP contribution is -2.13. The monoisotopic (exact) mass is 354 g/mol. The number of H-pyrrole nitrogens is 2. The lowest BCUT2D eigenvalue weighted by molar-refractivity contribution is 0.399. The molecule has 136 valence electrons. The predicted molar refractivity (Wildman–Crippen MR) is 98.1 cm³/mol. The molecule has 1 aromatic carbocycles. The normalized spacial score (nSPS) is 14.8. The predicted octanol–water partition coefficient (Wildman–Crippen LogP) is 2.91. The number of aromatic amines is 2. The molecule has 0 spiro atoms. The molecule has 2 N–H and O–H groups in total. The van der Waals surface area contributed by atoms with Gasteiger partial charge in [-0.2, -0.15) is 5.10 Å². The number of methoxy groups -OCH3 is 2. The van der Waals surface area contributed by atoms with Crippen molar-refractivity contribution >= 4 is 11.0 Å². The van der Waals surface area contributed by atoms with Gasteiger partial charge in [0, 0.05) is 17.9 Å². The highest BCUT2D eigenvalue weighted by Gasteiger charge is 2.23. The lowest BCUT2D eigenvalue weighted by atomic mass is 10.0. The minimum absolute atomic E-state index is 0.215. The Morgan fingerprint density at radius 2 is 1.96 bits per heavy atom. The Kier molecular flexibility index (Phi) is 4.36. The Balaban J connectivity index is 1.75. The summed E-state index contributed by atoms with van der Waals surface area (Å²) >= 11 is 0. The van der Waals surface area contributed by atoms with Crippen LogP contribution in [-0.2, 0) is 6.42 Å². The summed E-state index contributed by atoms with van der Waals surface area (Å²) in [5.74, 6) is 2.47. The van der Waals surface area contributed by atoms with Crippen LogP contribution in [0.2, 0.25) is 0 Å².